The van der Waals surface area contributed by atoms with Gasteiger partial charge in [0.1, 0.15) is 11.6 Å². The van der Waals surface area contributed by atoms with Crippen LogP contribution in [0.1, 0.15) is 10.4 Å². The van der Waals surface area contributed by atoms with Gasteiger partial charge in [0.2, 0.25) is 0 Å². The summed E-state index contributed by atoms with van der Waals surface area (Å²) in [4.78, 5) is 11.9. The molecule has 0 aliphatic carbocycles. The molecule has 0 saturated heterocycles. The van der Waals surface area contributed by atoms with Crippen LogP contribution in [0.3, 0.4) is 0 Å². The summed E-state index contributed by atoms with van der Waals surface area (Å²) >= 11 is 3.20. The van der Waals surface area contributed by atoms with Gasteiger partial charge in [-0.1, -0.05) is 0 Å². The summed E-state index contributed by atoms with van der Waals surface area (Å²) in [6.45, 7) is 0. The number of anilines is 2. The minimum absolute atomic E-state index is 0.0513. The molecule has 0 bridgehead atoms. The maximum atomic E-state index is 13.0. The molecule has 0 atom stereocenters. The van der Waals surface area contributed by atoms with E-state index in [1.807, 2.05) is 0 Å². The highest BCUT2D eigenvalue weighted by atomic mass is 79.9. The number of halogens is 3. The molecule has 0 spiro atoms. The molecule has 1 amide bonds. The summed E-state index contributed by atoms with van der Waals surface area (Å²) in [5.74, 6) is -1.99. The second-order valence-corrected chi connectivity index (χ2v) is 4.70. The highest BCUT2D eigenvalue weighted by molar-refractivity contribution is 9.10. The zero-order valence-electron chi connectivity index (χ0n) is 9.58. The molecule has 0 saturated carbocycles. The molecule has 2 rings (SSSR count). The van der Waals surface area contributed by atoms with Crippen LogP contribution in [0.2, 0.25) is 0 Å². The normalized spacial score (nSPS) is 10.3. The summed E-state index contributed by atoms with van der Waals surface area (Å²) in [6, 6.07) is 7.41. The van der Waals surface area contributed by atoms with Gasteiger partial charge >= 0.3 is 0 Å². The van der Waals surface area contributed by atoms with Gasteiger partial charge in [-0.25, -0.2) is 8.78 Å². The molecule has 0 aromatic heterocycles. The molecule has 19 heavy (non-hydrogen) atoms. The molecule has 0 unspecified atom stereocenters. The van der Waals surface area contributed by atoms with Crippen molar-refractivity contribution in [2.45, 2.75) is 0 Å². The average molecular weight is 327 g/mol. The summed E-state index contributed by atoms with van der Waals surface area (Å²) in [6.07, 6.45) is 0. The lowest BCUT2D eigenvalue weighted by Gasteiger charge is -2.07. The van der Waals surface area contributed by atoms with Gasteiger partial charge in [0.25, 0.3) is 5.91 Å². The number of hydrogen-bond donors (Lipinski definition) is 2. The highest BCUT2D eigenvalue weighted by Gasteiger charge is 2.09. The lowest BCUT2D eigenvalue weighted by Crippen LogP contribution is -2.12. The number of carbonyl (C=O) groups excluding carboxylic acids is 1. The summed E-state index contributed by atoms with van der Waals surface area (Å²) in [5, 5.41) is 2.41. The van der Waals surface area contributed by atoms with Gasteiger partial charge in [0, 0.05) is 27.5 Å². The van der Waals surface area contributed by atoms with E-state index in [-0.39, 0.29) is 5.69 Å². The number of carbonyl (C=O) groups is 1. The Kier molecular flexibility index (Phi) is 3.80. The van der Waals surface area contributed by atoms with Gasteiger partial charge in [-0.3, -0.25) is 4.79 Å². The molecule has 0 radical (unpaired) electrons. The number of amides is 1. The first-order valence-electron chi connectivity index (χ1n) is 5.28. The lowest BCUT2D eigenvalue weighted by molar-refractivity contribution is 0.102. The van der Waals surface area contributed by atoms with E-state index in [1.165, 1.54) is 12.1 Å². The summed E-state index contributed by atoms with van der Waals surface area (Å²) in [5.41, 5.74) is 6.47. The molecule has 0 heterocycles. The highest BCUT2D eigenvalue weighted by Crippen LogP contribution is 2.21. The van der Waals surface area contributed by atoms with E-state index in [4.69, 9.17) is 5.73 Å². The molecular weight excluding hydrogens is 318 g/mol. The van der Waals surface area contributed by atoms with Crippen LogP contribution in [0.25, 0.3) is 0 Å². The van der Waals surface area contributed by atoms with Crippen LogP contribution in [0.5, 0.6) is 0 Å². The Labute approximate surface area is 116 Å². The topological polar surface area (TPSA) is 55.1 Å². The molecule has 98 valence electrons. The third kappa shape index (κ3) is 3.29. The molecule has 2 aromatic carbocycles. The van der Waals surface area contributed by atoms with Crippen molar-refractivity contribution in [3.05, 3.63) is 58.1 Å². The first-order chi connectivity index (χ1) is 8.95. The Morgan fingerprint density at radius 3 is 2.32 bits per heavy atom. The van der Waals surface area contributed by atoms with Crippen LogP contribution in [0.15, 0.2) is 40.9 Å². The number of rotatable bonds is 2. The fourth-order valence-electron chi connectivity index (χ4n) is 1.50. The van der Waals surface area contributed by atoms with Crippen molar-refractivity contribution in [1.82, 2.24) is 0 Å². The smallest absolute Gasteiger partial charge is 0.255 e. The van der Waals surface area contributed by atoms with Crippen molar-refractivity contribution in [3.8, 4) is 0 Å². The Morgan fingerprint density at radius 1 is 1.11 bits per heavy atom. The van der Waals surface area contributed by atoms with E-state index in [1.54, 1.807) is 6.07 Å². The van der Waals surface area contributed by atoms with Crippen molar-refractivity contribution in [2.24, 2.45) is 0 Å². The molecule has 0 aliphatic heterocycles. The van der Waals surface area contributed by atoms with Crippen LogP contribution in [-0.4, -0.2) is 5.91 Å². The molecular formula is C13H9BrF2N2O. The molecule has 3 N–H and O–H groups in total. The third-order valence-corrected chi connectivity index (χ3v) is 3.07. The monoisotopic (exact) mass is 326 g/mol. The predicted molar refractivity (Wildman–Crippen MR) is 72.9 cm³/mol. The van der Waals surface area contributed by atoms with Gasteiger partial charge in [0.15, 0.2) is 0 Å². The minimum atomic E-state index is -0.756. The van der Waals surface area contributed by atoms with Crippen molar-refractivity contribution in [1.29, 1.82) is 0 Å². The number of hydrogen-bond acceptors (Lipinski definition) is 2. The van der Waals surface area contributed by atoms with Crippen molar-refractivity contribution in [2.75, 3.05) is 11.1 Å². The number of nitrogens with one attached hydrogen (secondary N) is 1. The van der Waals surface area contributed by atoms with E-state index >= 15 is 0 Å². The fourth-order valence-corrected chi connectivity index (χ4v) is 1.88. The first kappa shape index (κ1) is 13.5. The van der Waals surface area contributed by atoms with Gasteiger partial charge in [-0.05, 0) is 46.3 Å². The first-order valence-corrected chi connectivity index (χ1v) is 6.07. The van der Waals surface area contributed by atoms with E-state index in [0.717, 1.165) is 18.2 Å². The Morgan fingerprint density at radius 2 is 1.74 bits per heavy atom. The van der Waals surface area contributed by atoms with Crippen molar-refractivity contribution >= 4 is 33.2 Å². The standard InChI is InChI=1S/C13H9BrF2N2O/c14-11-3-7(1-2-12(11)17)13(19)18-10-5-8(15)4-9(16)6-10/h1-6H,17H2,(H,18,19). The second kappa shape index (κ2) is 5.36. The van der Waals surface area contributed by atoms with Gasteiger partial charge in [-0.2, -0.15) is 0 Å². The Balaban J connectivity index is 2.22. The quantitative estimate of drug-likeness (QED) is 0.829. The van der Waals surface area contributed by atoms with E-state index in [2.05, 4.69) is 21.2 Å². The molecule has 0 aliphatic rings. The predicted octanol–water partition coefficient (Wildman–Crippen LogP) is 3.56. The van der Waals surface area contributed by atoms with E-state index in [0.29, 0.717) is 15.7 Å². The zero-order chi connectivity index (χ0) is 14.0. The molecule has 3 nitrogen and oxygen atoms in total. The zero-order valence-corrected chi connectivity index (χ0v) is 11.2. The Bertz CT molecular complexity index is 626. The summed E-state index contributed by atoms with van der Waals surface area (Å²) in [7, 11) is 0. The SMILES string of the molecule is Nc1ccc(C(=O)Nc2cc(F)cc(F)c2)cc1Br. The average Bonchev–Trinajstić information content (AvgIpc) is 2.31. The number of benzene rings is 2. The second-order valence-electron chi connectivity index (χ2n) is 3.85. The molecule has 0 fully saturated rings. The van der Waals surface area contributed by atoms with Crippen LogP contribution < -0.4 is 11.1 Å². The van der Waals surface area contributed by atoms with Crippen LogP contribution in [0.4, 0.5) is 20.2 Å². The number of nitrogen functional groups attached to an aromatic ring is 1. The van der Waals surface area contributed by atoms with Crippen molar-refractivity contribution < 1.29 is 13.6 Å². The van der Waals surface area contributed by atoms with Crippen LogP contribution in [-0.2, 0) is 0 Å². The van der Waals surface area contributed by atoms with Crippen molar-refractivity contribution in [3.63, 3.8) is 0 Å². The van der Waals surface area contributed by atoms with Crippen LogP contribution >= 0.6 is 15.9 Å². The lowest BCUT2D eigenvalue weighted by atomic mass is 10.2. The minimum Gasteiger partial charge on any atom is -0.398 e. The fraction of sp³-hybridized carbons (Fsp3) is 0. The van der Waals surface area contributed by atoms with Gasteiger partial charge in [0.05, 0.1) is 0 Å². The van der Waals surface area contributed by atoms with E-state index in [9.17, 15) is 13.6 Å². The maximum Gasteiger partial charge on any atom is 0.255 e. The largest absolute Gasteiger partial charge is 0.398 e. The third-order valence-electron chi connectivity index (χ3n) is 2.38. The molecule has 6 heteroatoms. The van der Waals surface area contributed by atoms with Gasteiger partial charge in [-0.15, -0.1) is 0 Å². The molecule has 2 aromatic rings. The van der Waals surface area contributed by atoms with E-state index < -0.39 is 17.5 Å². The van der Waals surface area contributed by atoms with Gasteiger partial charge < -0.3 is 11.1 Å². The van der Waals surface area contributed by atoms with Crippen LogP contribution in [0, 0.1) is 11.6 Å². The Hall–Kier alpha value is -1.95. The maximum absolute atomic E-state index is 13.0. The summed E-state index contributed by atoms with van der Waals surface area (Å²) < 4.78 is 26.5. The number of nitrogens with two attached hydrogens (primary N) is 1.